The molecule has 0 saturated carbocycles. The SMILES string of the molecule is Cc1cccn(CC(=O)Nc2ccc(OCc3ccc(Cl)cc3)cc2)c1=O. The van der Waals surface area contributed by atoms with Crippen molar-refractivity contribution in [2.75, 3.05) is 5.32 Å². The Labute approximate surface area is 162 Å². The number of carbonyl (C=O) groups is 1. The van der Waals surface area contributed by atoms with Gasteiger partial charge in [-0.1, -0.05) is 29.8 Å². The number of anilines is 1. The van der Waals surface area contributed by atoms with Gasteiger partial charge in [-0.3, -0.25) is 9.59 Å². The van der Waals surface area contributed by atoms with E-state index in [1.165, 1.54) is 4.57 Å². The van der Waals surface area contributed by atoms with Crippen molar-refractivity contribution in [3.05, 3.63) is 93.4 Å². The number of aromatic nitrogens is 1. The van der Waals surface area contributed by atoms with Crippen LogP contribution in [0.4, 0.5) is 5.69 Å². The van der Waals surface area contributed by atoms with Crippen LogP contribution in [0.15, 0.2) is 71.7 Å². The molecule has 6 heteroatoms. The van der Waals surface area contributed by atoms with E-state index in [1.807, 2.05) is 24.3 Å². The first kappa shape index (κ1) is 18.7. The molecule has 0 aliphatic rings. The van der Waals surface area contributed by atoms with Gasteiger partial charge in [-0.15, -0.1) is 0 Å². The maximum absolute atomic E-state index is 12.2. The average molecular weight is 383 g/mol. The van der Waals surface area contributed by atoms with Crippen molar-refractivity contribution < 1.29 is 9.53 Å². The third-order valence-corrected chi connectivity index (χ3v) is 4.23. The Balaban J connectivity index is 1.55. The van der Waals surface area contributed by atoms with Gasteiger partial charge < -0.3 is 14.6 Å². The number of aryl methyl sites for hydroxylation is 1. The van der Waals surface area contributed by atoms with Gasteiger partial charge in [-0.2, -0.15) is 0 Å². The first-order valence-corrected chi connectivity index (χ1v) is 8.82. The standard InChI is InChI=1S/C21H19ClN2O3/c1-15-3-2-12-24(21(15)26)13-20(25)23-18-8-10-19(11-9-18)27-14-16-4-6-17(22)7-5-16/h2-12H,13-14H2,1H3,(H,23,25). The summed E-state index contributed by atoms with van der Waals surface area (Å²) in [7, 11) is 0. The van der Waals surface area contributed by atoms with Gasteiger partial charge in [0.2, 0.25) is 5.91 Å². The molecule has 0 spiro atoms. The fraction of sp³-hybridized carbons (Fsp3) is 0.143. The lowest BCUT2D eigenvalue weighted by Crippen LogP contribution is -2.28. The van der Waals surface area contributed by atoms with Crippen molar-refractivity contribution in [1.82, 2.24) is 4.57 Å². The van der Waals surface area contributed by atoms with Gasteiger partial charge in [0.15, 0.2) is 0 Å². The van der Waals surface area contributed by atoms with Crippen molar-refractivity contribution in [3.63, 3.8) is 0 Å². The third kappa shape index (κ3) is 5.21. The van der Waals surface area contributed by atoms with Crippen LogP contribution in [0.1, 0.15) is 11.1 Å². The number of hydrogen-bond donors (Lipinski definition) is 1. The Morgan fingerprint density at radius 1 is 1.07 bits per heavy atom. The first-order chi connectivity index (χ1) is 13.0. The number of carbonyl (C=O) groups excluding carboxylic acids is 1. The molecule has 0 radical (unpaired) electrons. The maximum Gasteiger partial charge on any atom is 0.253 e. The van der Waals surface area contributed by atoms with Crippen LogP contribution in [-0.4, -0.2) is 10.5 Å². The summed E-state index contributed by atoms with van der Waals surface area (Å²) in [5, 5.41) is 3.46. The molecule has 0 aliphatic carbocycles. The number of halogens is 1. The summed E-state index contributed by atoms with van der Waals surface area (Å²) in [4.78, 5) is 24.1. The smallest absolute Gasteiger partial charge is 0.253 e. The first-order valence-electron chi connectivity index (χ1n) is 8.44. The van der Waals surface area contributed by atoms with Crippen molar-refractivity contribution in [2.45, 2.75) is 20.1 Å². The summed E-state index contributed by atoms with van der Waals surface area (Å²) in [5.41, 5.74) is 2.09. The minimum atomic E-state index is -0.266. The highest BCUT2D eigenvalue weighted by atomic mass is 35.5. The fourth-order valence-corrected chi connectivity index (χ4v) is 2.64. The Kier molecular flexibility index (Phi) is 5.94. The molecule has 0 atom stereocenters. The molecule has 1 aromatic heterocycles. The normalized spacial score (nSPS) is 10.4. The summed E-state index contributed by atoms with van der Waals surface area (Å²) in [6.45, 7) is 2.12. The van der Waals surface area contributed by atoms with Crippen LogP contribution in [0, 0.1) is 6.92 Å². The number of pyridine rings is 1. The van der Waals surface area contributed by atoms with Gasteiger partial charge in [-0.25, -0.2) is 0 Å². The molecule has 0 saturated heterocycles. The van der Waals surface area contributed by atoms with Crippen molar-refractivity contribution in [1.29, 1.82) is 0 Å². The number of nitrogens with zero attached hydrogens (tertiary/aromatic N) is 1. The fourth-order valence-electron chi connectivity index (χ4n) is 2.52. The van der Waals surface area contributed by atoms with Crippen LogP contribution in [0.3, 0.4) is 0 Å². The molecule has 3 aromatic rings. The third-order valence-electron chi connectivity index (χ3n) is 3.98. The van der Waals surface area contributed by atoms with E-state index < -0.39 is 0 Å². The maximum atomic E-state index is 12.2. The van der Waals surface area contributed by atoms with Crippen molar-refractivity contribution >= 4 is 23.2 Å². The summed E-state index contributed by atoms with van der Waals surface area (Å²) < 4.78 is 7.10. The Bertz CT molecular complexity index is 980. The van der Waals surface area contributed by atoms with Crippen molar-refractivity contribution in [3.8, 4) is 5.75 Å². The monoisotopic (exact) mass is 382 g/mol. The number of hydrogen-bond acceptors (Lipinski definition) is 3. The minimum absolute atomic E-state index is 0.0324. The Morgan fingerprint density at radius 2 is 1.78 bits per heavy atom. The minimum Gasteiger partial charge on any atom is -0.489 e. The van der Waals surface area contributed by atoms with Crippen LogP contribution >= 0.6 is 11.6 Å². The molecule has 5 nitrogen and oxygen atoms in total. The zero-order valence-electron chi connectivity index (χ0n) is 14.8. The zero-order chi connectivity index (χ0) is 19.2. The number of benzene rings is 2. The number of ether oxygens (including phenoxy) is 1. The van der Waals surface area contributed by atoms with E-state index in [0.717, 1.165) is 5.56 Å². The van der Waals surface area contributed by atoms with Crippen LogP contribution < -0.4 is 15.6 Å². The molecule has 2 aromatic carbocycles. The molecule has 0 fully saturated rings. The lowest BCUT2D eigenvalue weighted by atomic mass is 10.2. The van der Waals surface area contributed by atoms with E-state index in [1.54, 1.807) is 49.5 Å². The largest absolute Gasteiger partial charge is 0.489 e. The molecule has 1 amide bonds. The highest BCUT2D eigenvalue weighted by molar-refractivity contribution is 6.30. The van der Waals surface area contributed by atoms with Gasteiger partial charge in [-0.05, 0) is 55.0 Å². The lowest BCUT2D eigenvalue weighted by Gasteiger charge is -2.10. The topological polar surface area (TPSA) is 60.3 Å². The predicted molar refractivity (Wildman–Crippen MR) is 106 cm³/mol. The quantitative estimate of drug-likeness (QED) is 0.700. The second-order valence-corrected chi connectivity index (χ2v) is 6.55. The van der Waals surface area contributed by atoms with Gasteiger partial charge in [0.05, 0.1) is 0 Å². The molecule has 0 unspecified atom stereocenters. The molecule has 27 heavy (non-hydrogen) atoms. The van der Waals surface area contributed by atoms with E-state index in [4.69, 9.17) is 16.3 Å². The molecule has 1 N–H and O–H groups in total. The predicted octanol–water partition coefficient (Wildman–Crippen LogP) is 4.03. The van der Waals surface area contributed by atoms with Gasteiger partial charge in [0.25, 0.3) is 5.56 Å². The summed E-state index contributed by atoms with van der Waals surface area (Å²) >= 11 is 5.86. The summed E-state index contributed by atoms with van der Waals surface area (Å²) in [6, 6.07) is 18.0. The van der Waals surface area contributed by atoms with Crippen molar-refractivity contribution in [2.24, 2.45) is 0 Å². The molecule has 1 heterocycles. The lowest BCUT2D eigenvalue weighted by molar-refractivity contribution is -0.116. The second-order valence-electron chi connectivity index (χ2n) is 6.11. The number of nitrogens with one attached hydrogen (secondary N) is 1. The van der Waals surface area contributed by atoms with Crippen LogP contribution in [0.25, 0.3) is 0 Å². The molecule has 0 aliphatic heterocycles. The molecule has 0 bridgehead atoms. The van der Waals surface area contributed by atoms with E-state index in [-0.39, 0.29) is 18.0 Å². The van der Waals surface area contributed by atoms with Crippen LogP contribution in [0.2, 0.25) is 5.02 Å². The summed E-state index contributed by atoms with van der Waals surface area (Å²) in [6.07, 6.45) is 1.60. The second kappa shape index (κ2) is 8.56. The molecule has 3 rings (SSSR count). The van der Waals surface area contributed by atoms with Crippen LogP contribution in [-0.2, 0) is 17.9 Å². The van der Waals surface area contributed by atoms with Gasteiger partial charge in [0.1, 0.15) is 18.9 Å². The van der Waals surface area contributed by atoms with Gasteiger partial charge in [0, 0.05) is 22.5 Å². The Morgan fingerprint density at radius 3 is 2.48 bits per heavy atom. The Hall–Kier alpha value is -3.05. The van der Waals surface area contributed by atoms with E-state index in [9.17, 15) is 9.59 Å². The molecular weight excluding hydrogens is 364 g/mol. The molecular formula is C21H19ClN2O3. The van der Waals surface area contributed by atoms with E-state index in [0.29, 0.717) is 28.6 Å². The highest BCUT2D eigenvalue weighted by Crippen LogP contribution is 2.18. The van der Waals surface area contributed by atoms with E-state index >= 15 is 0 Å². The number of rotatable bonds is 6. The van der Waals surface area contributed by atoms with E-state index in [2.05, 4.69) is 5.32 Å². The van der Waals surface area contributed by atoms with Gasteiger partial charge >= 0.3 is 0 Å². The molecule has 138 valence electrons. The average Bonchev–Trinajstić information content (AvgIpc) is 2.66. The summed E-state index contributed by atoms with van der Waals surface area (Å²) in [5.74, 6) is 0.426. The zero-order valence-corrected chi connectivity index (χ0v) is 15.6. The number of amides is 1. The van der Waals surface area contributed by atoms with Crippen LogP contribution in [0.5, 0.6) is 5.75 Å². The highest BCUT2D eigenvalue weighted by Gasteiger charge is 2.06.